The molecule has 0 aliphatic rings. The molecule has 1 N–H and O–H groups in total. The van der Waals surface area contributed by atoms with Gasteiger partial charge in [0.05, 0.1) is 6.54 Å². The molecule has 2 aromatic rings. The second-order valence-electron chi connectivity index (χ2n) is 6.03. The van der Waals surface area contributed by atoms with Crippen LogP contribution in [0.4, 0.5) is 0 Å². The van der Waals surface area contributed by atoms with Crippen molar-refractivity contribution in [3.8, 4) is 11.8 Å². The van der Waals surface area contributed by atoms with E-state index in [0.29, 0.717) is 6.54 Å². The Morgan fingerprint density at radius 1 is 0.917 bits per heavy atom. The molecule has 2 heteroatoms. The van der Waals surface area contributed by atoms with Crippen LogP contribution in [0.25, 0.3) is 0 Å². The summed E-state index contributed by atoms with van der Waals surface area (Å²) < 4.78 is 0. The van der Waals surface area contributed by atoms with Crippen molar-refractivity contribution in [2.24, 2.45) is 0 Å². The minimum atomic E-state index is -0.294. The van der Waals surface area contributed by atoms with E-state index in [9.17, 15) is 5.21 Å². The van der Waals surface area contributed by atoms with Crippen molar-refractivity contribution in [1.29, 1.82) is 0 Å². The van der Waals surface area contributed by atoms with Crippen molar-refractivity contribution in [3.05, 3.63) is 71.8 Å². The molecule has 0 saturated carbocycles. The first-order valence-electron chi connectivity index (χ1n) is 8.84. The summed E-state index contributed by atoms with van der Waals surface area (Å²) in [6, 6.07) is 19.7. The van der Waals surface area contributed by atoms with Crippen LogP contribution < -0.4 is 0 Å². The molecule has 24 heavy (non-hydrogen) atoms. The van der Waals surface area contributed by atoms with E-state index in [1.807, 2.05) is 60.7 Å². The average molecular weight is 321 g/mol. The fraction of sp³-hybridized carbons (Fsp3) is 0.364. The van der Waals surface area contributed by atoms with Crippen LogP contribution in [0.5, 0.6) is 0 Å². The summed E-state index contributed by atoms with van der Waals surface area (Å²) in [5.41, 5.74) is 2.10. The SMILES string of the molecule is CCCCCCC#C[C@H](c1ccccc1)N(O)Cc1ccccc1. The Hall–Kier alpha value is -2.08. The zero-order valence-electron chi connectivity index (χ0n) is 14.5. The van der Waals surface area contributed by atoms with E-state index in [2.05, 4.69) is 18.8 Å². The molecule has 0 amide bonds. The summed E-state index contributed by atoms with van der Waals surface area (Å²) >= 11 is 0. The quantitative estimate of drug-likeness (QED) is 0.389. The zero-order valence-corrected chi connectivity index (χ0v) is 14.5. The monoisotopic (exact) mass is 321 g/mol. The number of hydroxylamine groups is 2. The lowest BCUT2D eigenvalue weighted by Crippen LogP contribution is -2.23. The van der Waals surface area contributed by atoms with E-state index in [1.165, 1.54) is 24.3 Å². The molecule has 0 bridgehead atoms. The molecule has 0 aliphatic carbocycles. The van der Waals surface area contributed by atoms with Crippen molar-refractivity contribution in [2.75, 3.05) is 0 Å². The highest BCUT2D eigenvalue weighted by Crippen LogP contribution is 2.20. The number of hydrogen-bond donors (Lipinski definition) is 1. The number of rotatable bonds is 8. The first kappa shape index (κ1) is 18.3. The third kappa shape index (κ3) is 6.20. The molecule has 0 aromatic heterocycles. The maximum absolute atomic E-state index is 10.6. The Balaban J connectivity index is 2.04. The molecule has 126 valence electrons. The van der Waals surface area contributed by atoms with Gasteiger partial charge >= 0.3 is 0 Å². The molecule has 2 rings (SSSR count). The van der Waals surface area contributed by atoms with Gasteiger partial charge in [0.25, 0.3) is 0 Å². The fourth-order valence-electron chi connectivity index (χ4n) is 2.64. The van der Waals surface area contributed by atoms with Crippen molar-refractivity contribution in [3.63, 3.8) is 0 Å². The van der Waals surface area contributed by atoms with Crippen LogP contribution in [0.2, 0.25) is 0 Å². The van der Waals surface area contributed by atoms with Crippen LogP contribution in [0, 0.1) is 11.8 Å². The van der Waals surface area contributed by atoms with E-state index in [0.717, 1.165) is 24.0 Å². The third-order valence-corrected chi connectivity index (χ3v) is 3.99. The van der Waals surface area contributed by atoms with Crippen LogP contribution in [0.15, 0.2) is 60.7 Å². The molecule has 1 atom stereocenters. The molecule has 0 unspecified atom stereocenters. The molecule has 0 fully saturated rings. The first-order valence-corrected chi connectivity index (χ1v) is 8.84. The Kier molecular flexibility index (Phi) is 8.10. The van der Waals surface area contributed by atoms with E-state index in [4.69, 9.17) is 0 Å². The van der Waals surface area contributed by atoms with Crippen molar-refractivity contribution in [1.82, 2.24) is 5.06 Å². The number of nitrogens with zero attached hydrogens (tertiary/aromatic N) is 1. The van der Waals surface area contributed by atoms with Gasteiger partial charge < -0.3 is 5.21 Å². The average Bonchev–Trinajstić information content (AvgIpc) is 2.62. The summed E-state index contributed by atoms with van der Waals surface area (Å²) in [6.45, 7) is 2.68. The van der Waals surface area contributed by atoms with Gasteiger partial charge in [0, 0.05) is 6.42 Å². The first-order chi connectivity index (χ1) is 11.8. The largest absolute Gasteiger partial charge is 0.312 e. The van der Waals surface area contributed by atoms with Crippen LogP contribution in [-0.2, 0) is 6.54 Å². The summed E-state index contributed by atoms with van der Waals surface area (Å²) in [6.07, 6.45) is 5.76. The predicted octanol–water partition coefficient (Wildman–Crippen LogP) is 5.59. The topological polar surface area (TPSA) is 23.5 Å². The van der Waals surface area contributed by atoms with Gasteiger partial charge in [0.1, 0.15) is 6.04 Å². The second kappa shape index (κ2) is 10.6. The van der Waals surface area contributed by atoms with E-state index < -0.39 is 0 Å². The smallest absolute Gasteiger partial charge is 0.121 e. The lowest BCUT2D eigenvalue weighted by molar-refractivity contribution is -0.121. The Bertz CT molecular complexity index is 627. The summed E-state index contributed by atoms with van der Waals surface area (Å²) in [5, 5.41) is 11.9. The highest BCUT2D eigenvalue weighted by atomic mass is 16.5. The number of hydrogen-bond acceptors (Lipinski definition) is 2. The van der Waals surface area contributed by atoms with Crippen LogP contribution in [-0.4, -0.2) is 10.3 Å². The standard InChI is InChI=1S/C22H27NO/c1-2-3-4-5-6-13-18-22(21-16-11-8-12-17-21)23(24)19-20-14-9-7-10-15-20/h7-12,14-17,22,24H,2-6,19H2,1H3/t22-/m1/s1. The van der Waals surface area contributed by atoms with Gasteiger partial charge in [-0.2, -0.15) is 5.06 Å². The van der Waals surface area contributed by atoms with Crippen LogP contribution >= 0.6 is 0 Å². The van der Waals surface area contributed by atoms with Gasteiger partial charge in [-0.3, -0.25) is 0 Å². The molecule has 2 nitrogen and oxygen atoms in total. The van der Waals surface area contributed by atoms with E-state index >= 15 is 0 Å². The maximum Gasteiger partial charge on any atom is 0.121 e. The number of unbranched alkanes of at least 4 members (excludes halogenated alkanes) is 4. The molecular weight excluding hydrogens is 294 g/mol. The fourth-order valence-corrected chi connectivity index (χ4v) is 2.64. The van der Waals surface area contributed by atoms with Crippen molar-refractivity contribution in [2.45, 2.75) is 51.6 Å². The van der Waals surface area contributed by atoms with Gasteiger partial charge in [0.2, 0.25) is 0 Å². The summed E-state index contributed by atoms with van der Waals surface area (Å²) in [4.78, 5) is 0. The summed E-state index contributed by atoms with van der Waals surface area (Å²) in [5.74, 6) is 6.52. The van der Waals surface area contributed by atoms with E-state index in [-0.39, 0.29) is 6.04 Å². The van der Waals surface area contributed by atoms with Crippen molar-refractivity contribution >= 4 is 0 Å². The molecule has 0 heterocycles. The van der Waals surface area contributed by atoms with Crippen LogP contribution in [0.3, 0.4) is 0 Å². The molecular formula is C22H27NO. The molecule has 2 aromatic carbocycles. The predicted molar refractivity (Wildman–Crippen MR) is 99.5 cm³/mol. The molecule has 0 radical (unpaired) electrons. The minimum Gasteiger partial charge on any atom is -0.312 e. The highest BCUT2D eigenvalue weighted by Gasteiger charge is 2.16. The highest BCUT2D eigenvalue weighted by molar-refractivity contribution is 5.27. The van der Waals surface area contributed by atoms with E-state index in [1.54, 1.807) is 0 Å². The number of benzene rings is 2. The van der Waals surface area contributed by atoms with Gasteiger partial charge in [-0.15, -0.1) is 5.92 Å². The van der Waals surface area contributed by atoms with Gasteiger partial charge in [-0.25, -0.2) is 0 Å². The Morgan fingerprint density at radius 2 is 1.58 bits per heavy atom. The van der Waals surface area contributed by atoms with Gasteiger partial charge in [0.15, 0.2) is 0 Å². The lowest BCUT2D eigenvalue weighted by Gasteiger charge is -2.22. The van der Waals surface area contributed by atoms with Crippen molar-refractivity contribution < 1.29 is 5.21 Å². The lowest BCUT2D eigenvalue weighted by atomic mass is 10.1. The third-order valence-electron chi connectivity index (χ3n) is 3.99. The second-order valence-corrected chi connectivity index (χ2v) is 6.03. The minimum absolute atomic E-state index is 0.294. The van der Waals surface area contributed by atoms with Crippen LogP contribution in [0.1, 0.15) is 56.2 Å². The normalized spacial score (nSPS) is 11.8. The zero-order chi connectivity index (χ0) is 17.0. The summed E-state index contributed by atoms with van der Waals surface area (Å²) in [7, 11) is 0. The van der Waals surface area contributed by atoms with Gasteiger partial charge in [-0.1, -0.05) is 92.8 Å². The molecule has 0 saturated heterocycles. The van der Waals surface area contributed by atoms with Gasteiger partial charge in [-0.05, 0) is 17.5 Å². The maximum atomic E-state index is 10.6. The molecule has 0 spiro atoms. The Labute approximate surface area is 146 Å². The molecule has 0 aliphatic heterocycles. The Morgan fingerprint density at radius 3 is 2.25 bits per heavy atom.